The lowest BCUT2D eigenvalue weighted by Gasteiger charge is -2.18. The van der Waals surface area contributed by atoms with Crippen LogP contribution in [0.3, 0.4) is 0 Å². The molecule has 5 heteroatoms. The summed E-state index contributed by atoms with van der Waals surface area (Å²) < 4.78 is 1.87. The first kappa shape index (κ1) is 17.5. The predicted octanol–water partition coefficient (Wildman–Crippen LogP) is 2.30. The van der Waals surface area contributed by atoms with Gasteiger partial charge in [0.25, 0.3) is 5.91 Å². The maximum Gasteiger partial charge on any atom is 0.268 e. The number of aromatic nitrogens is 1. The molecule has 0 fully saturated rings. The van der Waals surface area contributed by atoms with Gasteiger partial charge in [-0.05, 0) is 26.1 Å². The zero-order valence-electron chi connectivity index (χ0n) is 14.5. The number of carbonyl (C=O) groups is 1. The summed E-state index contributed by atoms with van der Waals surface area (Å²) in [7, 11) is 1.87. The molecule has 0 spiro atoms. The molecule has 126 valence electrons. The molecule has 2 aromatic rings. The van der Waals surface area contributed by atoms with Crippen molar-refractivity contribution in [1.29, 1.82) is 0 Å². The summed E-state index contributed by atoms with van der Waals surface area (Å²) in [6.07, 6.45) is -0.690. The number of aryl methyl sites for hydroxylation is 1. The quantitative estimate of drug-likeness (QED) is 0.824. The normalized spacial score (nSPS) is 12.8. The van der Waals surface area contributed by atoms with E-state index in [2.05, 4.69) is 24.1 Å². The summed E-state index contributed by atoms with van der Waals surface area (Å²) >= 11 is 0. The van der Waals surface area contributed by atoms with Crippen LogP contribution in [-0.4, -0.2) is 46.7 Å². The Balaban J connectivity index is 2.26. The largest absolute Gasteiger partial charge is 0.389 e. The molecule has 2 rings (SSSR count). The van der Waals surface area contributed by atoms with Crippen molar-refractivity contribution in [2.75, 3.05) is 26.2 Å². The van der Waals surface area contributed by atoms with Crippen LogP contribution >= 0.6 is 0 Å². The van der Waals surface area contributed by atoms with Gasteiger partial charge in [-0.15, -0.1) is 0 Å². The summed E-state index contributed by atoms with van der Waals surface area (Å²) in [5, 5.41) is 14.1. The maximum atomic E-state index is 12.7. The highest BCUT2D eigenvalue weighted by Gasteiger charge is 2.23. The van der Waals surface area contributed by atoms with E-state index in [1.165, 1.54) is 0 Å². The van der Waals surface area contributed by atoms with Gasteiger partial charge in [-0.2, -0.15) is 0 Å². The number of likely N-dealkylation sites (N-methyl/N-ethyl adjacent to an activating group) is 1. The Bertz CT molecular complexity index is 672. The van der Waals surface area contributed by atoms with Crippen molar-refractivity contribution in [3.8, 4) is 0 Å². The summed E-state index contributed by atoms with van der Waals surface area (Å²) in [6.45, 7) is 9.29. The Morgan fingerprint density at radius 2 is 1.96 bits per heavy atom. The molecule has 2 N–H and O–H groups in total. The van der Waals surface area contributed by atoms with Gasteiger partial charge in [0.05, 0.1) is 6.10 Å². The van der Waals surface area contributed by atoms with Crippen molar-refractivity contribution in [3.05, 3.63) is 35.5 Å². The smallest absolute Gasteiger partial charge is 0.268 e. The van der Waals surface area contributed by atoms with Gasteiger partial charge in [-0.3, -0.25) is 4.79 Å². The van der Waals surface area contributed by atoms with Crippen molar-refractivity contribution < 1.29 is 9.90 Å². The molecule has 5 nitrogen and oxygen atoms in total. The van der Waals surface area contributed by atoms with E-state index in [4.69, 9.17) is 0 Å². The molecule has 0 radical (unpaired) electrons. The zero-order valence-corrected chi connectivity index (χ0v) is 14.5. The molecule has 0 aliphatic rings. The van der Waals surface area contributed by atoms with E-state index in [1.807, 2.05) is 35.9 Å². The average Bonchev–Trinajstić information content (AvgIpc) is 2.85. The second kappa shape index (κ2) is 7.62. The second-order valence-corrected chi connectivity index (χ2v) is 5.80. The van der Waals surface area contributed by atoms with E-state index in [0.717, 1.165) is 30.5 Å². The maximum absolute atomic E-state index is 12.7. The van der Waals surface area contributed by atoms with Crippen LogP contribution in [0.25, 0.3) is 10.9 Å². The van der Waals surface area contributed by atoms with Gasteiger partial charge in [0.1, 0.15) is 5.69 Å². The third-order valence-corrected chi connectivity index (χ3v) is 4.39. The lowest BCUT2D eigenvalue weighted by atomic mass is 10.1. The minimum atomic E-state index is -0.690. The van der Waals surface area contributed by atoms with Gasteiger partial charge in [0.2, 0.25) is 0 Å². The SMILES string of the molecule is CCN(CC)CCNC(=O)c1c(C(C)O)c2ccccc2n1C. The predicted molar refractivity (Wildman–Crippen MR) is 93.7 cm³/mol. The highest BCUT2D eigenvalue weighted by atomic mass is 16.3. The van der Waals surface area contributed by atoms with E-state index < -0.39 is 6.10 Å². The number of para-hydroxylation sites is 1. The molecule has 1 heterocycles. The summed E-state index contributed by atoms with van der Waals surface area (Å²) in [5.74, 6) is -0.133. The molecule has 0 saturated heterocycles. The van der Waals surface area contributed by atoms with Crippen molar-refractivity contribution >= 4 is 16.8 Å². The molecule has 1 unspecified atom stereocenters. The van der Waals surface area contributed by atoms with Crippen LogP contribution in [0.1, 0.15) is 42.9 Å². The lowest BCUT2D eigenvalue weighted by Crippen LogP contribution is -2.35. The van der Waals surface area contributed by atoms with Gasteiger partial charge in [0, 0.05) is 36.6 Å². The number of aliphatic hydroxyl groups excluding tert-OH is 1. The number of benzene rings is 1. The molecule has 0 saturated carbocycles. The van der Waals surface area contributed by atoms with E-state index in [1.54, 1.807) is 6.92 Å². The highest BCUT2D eigenvalue weighted by molar-refractivity contribution is 6.02. The van der Waals surface area contributed by atoms with Gasteiger partial charge in [-0.25, -0.2) is 0 Å². The number of nitrogens with one attached hydrogen (secondary N) is 1. The number of fused-ring (bicyclic) bond motifs is 1. The van der Waals surface area contributed by atoms with Crippen LogP contribution < -0.4 is 5.32 Å². The fourth-order valence-corrected chi connectivity index (χ4v) is 3.07. The topological polar surface area (TPSA) is 57.5 Å². The molecule has 1 amide bonds. The Morgan fingerprint density at radius 3 is 2.57 bits per heavy atom. The molecule has 0 bridgehead atoms. The summed E-state index contributed by atoms with van der Waals surface area (Å²) in [6, 6.07) is 7.78. The number of amides is 1. The molecule has 23 heavy (non-hydrogen) atoms. The van der Waals surface area contributed by atoms with Gasteiger partial charge in [-0.1, -0.05) is 32.0 Å². The Morgan fingerprint density at radius 1 is 1.30 bits per heavy atom. The fraction of sp³-hybridized carbons (Fsp3) is 0.500. The monoisotopic (exact) mass is 317 g/mol. The van der Waals surface area contributed by atoms with Crippen LogP contribution in [0.4, 0.5) is 0 Å². The van der Waals surface area contributed by atoms with E-state index >= 15 is 0 Å². The number of hydrogen-bond donors (Lipinski definition) is 2. The Labute approximate surface area is 137 Å². The van der Waals surface area contributed by atoms with E-state index in [9.17, 15) is 9.90 Å². The minimum Gasteiger partial charge on any atom is -0.389 e. The van der Waals surface area contributed by atoms with E-state index in [0.29, 0.717) is 17.8 Å². The van der Waals surface area contributed by atoms with E-state index in [-0.39, 0.29) is 5.91 Å². The van der Waals surface area contributed by atoms with Crippen LogP contribution in [-0.2, 0) is 7.05 Å². The van der Waals surface area contributed by atoms with Crippen LogP contribution in [0.15, 0.2) is 24.3 Å². The highest BCUT2D eigenvalue weighted by Crippen LogP contribution is 2.30. The number of hydrogen-bond acceptors (Lipinski definition) is 3. The summed E-state index contributed by atoms with van der Waals surface area (Å²) in [4.78, 5) is 14.9. The van der Waals surface area contributed by atoms with Gasteiger partial charge < -0.3 is 19.9 Å². The van der Waals surface area contributed by atoms with Crippen molar-refractivity contribution in [2.45, 2.75) is 26.9 Å². The zero-order chi connectivity index (χ0) is 17.0. The van der Waals surface area contributed by atoms with Crippen molar-refractivity contribution in [1.82, 2.24) is 14.8 Å². The Hall–Kier alpha value is -1.85. The minimum absolute atomic E-state index is 0.133. The fourth-order valence-electron chi connectivity index (χ4n) is 3.07. The van der Waals surface area contributed by atoms with Crippen molar-refractivity contribution in [2.24, 2.45) is 7.05 Å². The molecular formula is C18H27N3O2. The molecule has 0 aliphatic heterocycles. The van der Waals surface area contributed by atoms with Crippen LogP contribution in [0.5, 0.6) is 0 Å². The standard InChI is InChI=1S/C18H27N3O2/c1-5-21(6-2)12-11-19-18(23)17-16(13(3)22)14-9-7-8-10-15(14)20(17)4/h7-10,13,22H,5-6,11-12H2,1-4H3,(H,19,23). The van der Waals surface area contributed by atoms with Crippen LogP contribution in [0.2, 0.25) is 0 Å². The summed E-state index contributed by atoms with van der Waals surface area (Å²) in [5.41, 5.74) is 2.20. The van der Waals surface area contributed by atoms with Gasteiger partial charge in [0.15, 0.2) is 0 Å². The molecular weight excluding hydrogens is 290 g/mol. The first-order valence-corrected chi connectivity index (χ1v) is 8.27. The molecule has 1 atom stereocenters. The van der Waals surface area contributed by atoms with Crippen molar-refractivity contribution in [3.63, 3.8) is 0 Å². The number of nitrogens with zero attached hydrogens (tertiary/aromatic N) is 2. The molecule has 1 aromatic carbocycles. The first-order valence-electron chi connectivity index (χ1n) is 8.27. The van der Waals surface area contributed by atoms with Gasteiger partial charge >= 0.3 is 0 Å². The Kier molecular flexibility index (Phi) is 5.80. The number of aliphatic hydroxyl groups is 1. The molecule has 0 aliphatic carbocycles. The lowest BCUT2D eigenvalue weighted by molar-refractivity contribution is 0.0934. The molecule has 1 aromatic heterocycles. The van der Waals surface area contributed by atoms with Crippen LogP contribution in [0, 0.1) is 0 Å². The average molecular weight is 317 g/mol. The third-order valence-electron chi connectivity index (χ3n) is 4.39. The number of rotatable bonds is 7. The second-order valence-electron chi connectivity index (χ2n) is 5.80. The number of carbonyl (C=O) groups excluding carboxylic acids is 1. The third kappa shape index (κ3) is 3.57. The first-order chi connectivity index (χ1) is 11.0.